The largest absolute Gasteiger partial charge is 0.347 e. The first-order chi connectivity index (χ1) is 13.5. The lowest BCUT2D eigenvalue weighted by Crippen LogP contribution is -2.47. The van der Waals surface area contributed by atoms with Gasteiger partial charge in [0, 0.05) is 32.5 Å². The van der Waals surface area contributed by atoms with Gasteiger partial charge < -0.3 is 14.4 Å². The topological polar surface area (TPSA) is 69.5 Å². The number of ether oxygens (including phenoxy) is 2. The van der Waals surface area contributed by atoms with Gasteiger partial charge in [-0.1, -0.05) is 24.9 Å². The van der Waals surface area contributed by atoms with Gasteiger partial charge in [0.1, 0.15) is 0 Å². The third-order valence-corrected chi connectivity index (χ3v) is 6.19. The molecule has 0 saturated carbocycles. The number of nitrogens with zero attached hydrogens (tertiary/aromatic N) is 4. The summed E-state index contributed by atoms with van der Waals surface area (Å²) >= 11 is 6.60. The van der Waals surface area contributed by atoms with Crippen molar-refractivity contribution in [3.05, 3.63) is 22.0 Å². The Kier molecular flexibility index (Phi) is 5.33. The van der Waals surface area contributed by atoms with Crippen LogP contribution in [0, 0.1) is 13.8 Å². The Labute approximate surface area is 169 Å². The minimum atomic E-state index is -0.509. The van der Waals surface area contributed by atoms with Crippen molar-refractivity contribution in [2.24, 2.45) is 0 Å². The Balaban J connectivity index is 1.68. The quantitative estimate of drug-likeness (QED) is 0.777. The molecule has 4 heterocycles. The van der Waals surface area contributed by atoms with Crippen molar-refractivity contribution in [2.45, 2.75) is 58.8 Å². The minimum absolute atomic E-state index is 0.0634. The van der Waals surface area contributed by atoms with E-state index >= 15 is 0 Å². The fraction of sp³-hybridized carbons (Fsp3) is 0.650. The number of unbranched alkanes of at least 4 members (excludes halogenated alkanes) is 1. The van der Waals surface area contributed by atoms with Crippen molar-refractivity contribution in [3.63, 3.8) is 0 Å². The van der Waals surface area contributed by atoms with Crippen molar-refractivity contribution >= 4 is 28.5 Å². The molecule has 0 unspecified atom stereocenters. The number of pyridine rings is 1. The van der Waals surface area contributed by atoms with Crippen LogP contribution in [0.15, 0.2) is 0 Å². The molecule has 2 aromatic heterocycles. The number of piperidine rings is 1. The first-order valence-electron chi connectivity index (χ1n) is 10.1. The van der Waals surface area contributed by atoms with Crippen LogP contribution in [-0.2, 0) is 16.0 Å². The lowest BCUT2D eigenvalue weighted by molar-refractivity contribution is -0.181. The zero-order valence-electron chi connectivity index (χ0n) is 16.8. The van der Waals surface area contributed by atoms with Crippen LogP contribution >= 0.6 is 11.6 Å². The Hall–Kier alpha value is -1.70. The SMILES string of the molecule is CCCCn1nc(C)c2c(C(=O)N3CCC4(CC3)OCCO4)c(Cl)c(C)nc21. The molecule has 2 aliphatic heterocycles. The number of aryl methyl sites for hydroxylation is 3. The average molecular weight is 407 g/mol. The van der Waals surface area contributed by atoms with Crippen LogP contribution in [0.3, 0.4) is 0 Å². The molecule has 7 nitrogen and oxygen atoms in total. The third kappa shape index (κ3) is 3.29. The van der Waals surface area contributed by atoms with Crippen LogP contribution < -0.4 is 0 Å². The highest BCUT2D eigenvalue weighted by Gasteiger charge is 2.41. The summed E-state index contributed by atoms with van der Waals surface area (Å²) < 4.78 is 13.5. The van der Waals surface area contributed by atoms with Crippen LogP contribution in [0.25, 0.3) is 11.0 Å². The molecule has 2 aromatic rings. The molecule has 2 aliphatic rings. The second-order valence-corrected chi connectivity index (χ2v) is 8.02. The van der Waals surface area contributed by atoms with Gasteiger partial charge in [0.2, 0.25) is 0 Å². The molecule has 0 N–H and O–H groups in total. The first-order valence-corrected chi connectivity index (χ1v) is 10.4. The zero-order chi connectivity index (χ0) is 19.9. The van der Waals surface area contributed by atoms with E-state index in [0.717, 1.165) is 36.1 Å². The summed E-state index contributed by atoms with van der Waals surface area (Å²) in [5.74, 6) is -0.572. The lowest BCUT2D eigenvalue weighted by atomic mass is 10.0. The van der Waals surface area contributed by atoms with Gasteiger partial charge in [0.15, 0.2) is 11.4 Å². The predicted molar refractivity (Wildman–Crippen MR) is 107 cm³/mol. The highest BCUT2D eigenvalue weighted by molar-refractivity contribution is 6.36. The van der Waals surface area contributed by atoms with Crippen molar-refractivity contribution in [2.75, 3.05) is 26.3 Å². The molecule has 0 bridgehead atoms. The Bertz CT molecular complexity index is 895. The predicted octanol–water partition coefficient (Wildman–Crippen LogP) is 3.48. The number of hydrogen-bond acceptors (Lipinski definition) is 5. The van der Waals surface area contributed by atoms with E-state index in [1.54, 1.807) is 0 Å². The highest BCUT2D eigenvalue weighted by Crippen LogP contribution is 2.35. The third-order valence-electron chi connectivity index (χ3n) is 5.72. The summed E-state index contributed by atoms with van der Waals surface area (Å²) in [7, 11) is 0. The molecule has 0 aliphatic carbocycles. The van der Waals surface area contributed by atoms with E-state index in [2.05, 4.69) is 17.0 Å². The van der Waals surface area contributed by atoms with E-state index in [4.69, 9.17) is 21.1 Å². The van der Waals surface area contributed by atoms with Crippen molar-refractivity contribution < 1.29 is 14.3 Å². The second kappa shape index (κ2) is 7.61. The minimum Gasteiger partial charge on any atom is -0.347 e. The van der Waals surface area contributed by atoms with Gasteiger partial charge in [-0.05, 0) is 20.3 Å². The summed E-state index contributed by atoms with van der Waals surface area (Å²) in [4.78, 5) is 20.0. The smallest absolute Gasteiger partial charge is 0.256 e. The summed E-state index contributed by atoms with van der Waals surface area (Å²) in [6.07, 6.45) is 3.44. The molecule has 1 spiro atoms. The number of rotatable bonds is 4. The van der Waals surface area contributed by atoms with Gasteiger partial charge in [0.25, 0.3) is 5.91 Å². The van der Waals surface area contributed by atoms with E-state index < -0.39 is 5.79 Å². The van der Waals surface area contributed by atoms with E-state index in [1.807, 2.05) is 23.4 Å². The maximum absolute atomic E-state index is 13.5. The Morgan fingerprint density at radius 1 is 1.18 bits per heavy atom. The number of carbonyl (C=O) groups excluding carboxylic acids is 1. The summed E-state index contributed by atoms with van der Waals surface area (Å²) in [5.41, 5.74) is 2.71. The molecule has 8 heteroatoms. The van der Waals surface area contributed by atoms with Gasteiger partial charge in [-0.15, -0.1) is 0 Å². The number of hydrogen-bond donors (Lipinski definition) is 0. The van der Waals surface area contributed by atoms with Crippen molar-refractivity contribution in [1.82, 2.24) is 19.7 Å². The molecule has 0 radical (unpaired) electrons. The maximum Gasteiger partial charge on any atom is 0.256 e. The Morgan fingerprint density at radius 2 is 1.86 bits per heavy atom. The summed E-state index contributed by atoms with van der Waals surface area (Å²) in [5, 5.41) is 5.83. The lowest BCUT2D eigenvalue weighted by Gasteiger charge is -2.37. The molecular weight excluding hydrogens is 380 g/mol. The summed E-state index contributed by atoms with van der Waals surface area (Å²) in [6, 6.07) is 0. The molecule has 1 amide bonds. The Morgan fingerprint density at radius 3 is 2.50 bits per heavy atom. The van der Waals surface area contributed by atoms with Crippen molar-refractivity contribution in [3.8, 4) is 0 Å². The van der Waals surface area contributed by atoms with Gasteiger partial charge in [0.05, 0.1) is 40.6 Å². The summed E-state index contributed by atoms with van der Waals surface area (Å²) in [6.45, 7) is 9.10. The monoisotopic (exact) mass is 406 g/mol. The van der Waals surface area contributed by atoms with Crippen LogP contribution in [0.2, 0.25) is 5.02 Å². The normalized spacial score (nSPS) is 19.1. The average Bonchev–Trinajstić information content (AvgIpc) is 3.26. The number of carbonyl (C=O) groups is 1. The van der Waals surface area contributed by atoms with Gasteiger partial charge in [-0.3, -0.25) is 4.79 Å². The van der Waals surface area contributed by atoms with E-state index in [9.17, 15) is 4.79 Å². The van der Waals surface area contributed by atoms with E-state index in [-0.39, 0.29) is 5.91 Å². The van der Waals surface area contributed by atoms with Crippen LogP contribution in [0.4, 0.5) is 0 Å². The number of aromatic nitrogens is 3. The number of halogens is 1. The fourth-order valence-corrected chi connectivity index (χ4v) is 4.35. The highest BCUT2D eigenvalue weighted by atomic mass is 35.5. The van der Waals surface area contributed by atoms with Gasteiger partial charge in [-0.2, -0.15) is 5.10 Å². The van der Waals surface area contributed by atoms with E-state index in [0.29, 0.717) is 55.4 Å². The first kappa shape index (κ1) is 19.6. The van der Waals surface area contributed by atoms with Crippen LogP contribution in [-0.4, -0.2) is 57.7 Å². The molecule has 152 valence electrons. The molecular formula is C20H27ClN4O3. The number of likely N-dealkylation sites (tertiary alicyclic amines) is 1. The zero-order valence-corrected chi connectivity index (χ0v) is 17.5. The van der Waals surface area contributed by atoms with Crippen LogP contribution in [0.5, 0.6) is 0 Å². The number of amides is 1. The van der Waals surface area contributed by atoms with Gasteiger partial charge >= 0.3 is 0 Å². The van der Waals surface area contributed by atoms with Gasteiger partial charge in [-0.25, -0.2) is 9.67 Å². The molecule has 2 saturated heterocycles. The fourth-order valence-electron chi connectivity index (χ4n) is 4.13. The molecule has 4 rings (SSSR count). The van der Waals surface area contributed by atoms with E-state index in [1.165, 1.54) is 0 Å². The second-order valence-electron chi connectivity index (χ2n) is 7.65. The standard InChI is InChI=1S/C20H27ClN4O3/c1-4-5-8-25-18-15(13(2)23-25)16(17(21)14(3)22-18)19(26)24-9-6-20(7-10-24)27-11-12-28-20/h4-12H2,1-3H3. The molecule has 0 atom stereocenters. The molecule has 2 fully saturated rings. The van der Waals surface area contributed by atoms with Crippen LogP contribution in [0.1, 0.15) is 54.4 Å². The number of fused-ring (bicyclic) bond motifs is 1. The van der Waals surface area contributed by atoms with Crippen molar-refractivity contribution in [1.29, 1.82) is 0 Å². The maximum atomic E-state index is 13.5. The molecule has 0 aromatic carbocycles. The molecule has 28 heavy (non-hydrogen) atoms.